The highest BCUT2D eigenvalue weighted by atomic mass is 79.9. The fraction of sp³-hybridized carbons (Fsp3) is 0.290. The summed E-state index contributed by atoms with van der Waals surface area (Å²) in [7, 11) is 0. The number of nitrogens with zero attached hydrogens (tertiary/aromatic N) is 2. The highest BCUT2D eigenvalue weighted by Crippen LogP contribution is 2.40. The Bertz CT molecular complexity index is 1330. The zero-order valence-electron chi connectivity index (χ0n) is 22.0. The lowest BCUT2D eigenvalue weighted by molar-refractivity contribution is -0.140. The van der Waals surface area contributed by atoms with Crippen molar-refractivity contribution in [2.75, 3.05) is 26.2 Å². The molecule has 0 aromatic heterocycles. The Labute approximate surface area is 232 Å². The summed E-state index contributed by atoms with van der Waals surface area (Å²) >= 11 is 3.51. The molecule has 1 saturated heterocycles. The van der Waals surface area contributed by atoms with Crippen molar-refractivity contribution in [3.05, 3.63) is 105 Å². The molecule has 1 aliphatic rings. The Balaban J connectivity index is 1.69. The van der Waals surface area contributed by atoms with E-state index in [-0.39, 0.29) is 11.3 Å². The maximum Gasteiger partial charge on any atom is 0.295 e. The predicted octanol–water partition coefficient (Wildman–Crippen LogP) is 6.10. The van der Waals surface area contributed by atoms with Gasteiger partial charge in [0.15, 0.2) is 0 Å². The van der Waals surface area contributed by atoms with Gasteiger partial charge in [-0.15, -0.1) is 0 Å². The number of ether oxygens (including phenoxy) is 1. The van der Waals surface area contributed by atoms with Gasteiger partial charge >= 0.3 is 0 Å². The van der Waals surface area contributed by atoms with Crippen LogP contribution in [0.5, 0.6) is 5.75 Å². The van der Waals surface area contributed by atoms with Gasteiger partial charge in [0, 0.05) is 23.1 Å². The van der Waals surface area contributed by atoms with Crippen LogP contribution in [0.1, 0.15) is 42.1 Å². The smallest absolute Gasteiger partial charge is 0.295 e. The number of benzene rings is 3. The standard InChI is InChI=1S/C31H33BrN2O4/c1-4-33(5-2)16-17-34-28(23-12-9-13-25(32)19-23)27(30(36)31(34)37)29(35)24-14-15-26(21(3)18-24)38-20-22-10-7-6-8-11-22/h6-15,18-19,28,35H,4-5,16-17,20H2,1-3H3/b29-27-. The molecule has 4 rings (SSSR count). The molecule has 38 heavy (non-hydrogen) atoms. The third-order valence-corrected chi connectivity index (χ3v) is 7.43. The van der Waals surface area contributed by atoms with Gasteiger partial charge in [-0.25, -0.2) is 0 Å². The second-order valence-corrected chi connectivity index (χ2v) is 10.2. The number of likely N-dealkylation sites (tertiary alicyclic amines) is 1. The molecule has 6 nitrogen and oxygen atoms in total. The van der Waals surface area contributed by atoms with E-state index in [4.69, 9.17) is 4.74 Å². The number of Topliss-reactive ketones (excluding diaryl/α,β-unsaturated/α-hetero) is 1. The predicted molar refractivity (Wildman–Crippen MR) is 153 cm³/mol. The number of carbonyl (C=O) groups is 2. The monoisotopic (exact) mass is 576 g/mol. The third kappa shape index (κ3) is 6.00. The molecule has 7 heteroatoms. The molecule has 198 valence electrons. The van der Waals surface area contributed by atoms with Crippen molar-refractivity contribution in [1.82, 2.24) is 9.80 Å². The molecule has 1 atom stereocenters. The minimum atomic E-state index is -0.683. The van der Waals surface area contributed by atoms with Crippen LogP contribution in [0.15, 0.2) is 82.8 Å². The normalized spacial score (nSPS) is 16.9. The van der Waals surface area contributed by atoms with Crippen molar-refractivity contribution < 1.29 is 19.4 Å². The highest BCUT2D eigenvalue weighted by molar-refractivity contribution is 9.10. The summed E-state index contributed by atoms with van der Waals surface area (Å²) in [5.41, 5.74) is 3.21. The van der Waals surface area contributed by atoms with Crippen LogP contribution in [0, 0.1) is 6.92 Å². The van der Waals surface area contributed by atoms with Crippen molar-refractivity contribution >= 4 is 33.4 Å². The minimum absolute atomic E-state index is 0.102. The molecule has 1 unspecified atom stereocenters. The molecular weight excluding hydrogens is 544 g/mol. The number of amides is 1. The molecule has 3 aromatic rings. The molecule has 1 fully saturated rings. The van der Waals surface area contributed by atoms with Crippen LogP contribution >= 0.6 is 15.9 Å². The van der Waals surface area contributed by atoms with E-state index in [1.54, 1.807) is 23.1 Å². The lowest BCUT2D eigenvalue weighted by atomic mass is 9.95. The Morgan fingerprint density at radius 1 is 1.00 bits per heavy atom. The number of hydrogen-bond donors (Lipinski definition) is 1. The van der Waals surface area contributed by atoms with Gasteiger partial charge in [-0.1, -0.05) is 72.2 Å². The fourth-order valence-corrected chi connectivity index (χ4v) is 5.19. The molecule has 0 aliphatic carbocycles. The van der Waals surface area contributed by atoms with Crippen LogP contribution in [0.25, 0.3) is 5.76 Å². The van der Waals surface area contributed by atoms with E-state index >= 15 is 0 Å². The molecule has 1 N–H and O–H groups in total. The average molecular weight is 578 g/mol. The Morgan fingerprint density at radius 2 is 1.74 bits per heavy atom. The van der Waals surface area contributed by atoms with Crippen LogP contribution < -0.4 is 4.74 Å². The second-order valence-electron chi connectivity index (χ2n) is 9.33. The van der Waals surface area contributed by atoms with Crippen LogP contribution in [0.3, 0.4) is 0 Å². The first-order valence-electron chi connectivity index (χ1n) is 12.9. The van der Waals surface area contributed by atoms with Crippen LogP contribution in [-0.2, 0) is 16.2 Å². The molecule has 3 aromatic carbocycles. The van der Waals surface area contributed by atoms with Gasteiger partial charge in [-0.3, -0.25) is 9.59 Å². The first-order valence-corrected chi connectivity index (χ1v) is 13.7. The summed E-state index contributed by atoms with van der Waals surface area (Å²) in [6, 6.07) is 22.0. The Kier molecular flexibility index (Phi) is 9.02. The number of hydrogen-bond acceptors (Lipinski definition) is 5. The SMILES string of the molecule is CCN(CC)CCN1C(=O)C(=O)/C(=C(\O)c2ccc(OCc3ccccc3)c(C)c2)C1c1cccc(Br)c1. The summed E-state index contributed by atoms with van der Waals surface area (Å²) in [6.45, 7) is 9.17. The zero-order chi connectivity index (χ0) is 27.2. The molecular formula is C31H33BrN2O4. The molecule has 1 amide bonds. The summed E-state index contributed by atoms with van der Waals surface area (Å²) in [5.74, 6) is -0.762. The van der Waals surface area contributed by atoms with E-state index < -0.39 is 17.7 Å². The van der Waals surface area contributed by atoms with E-state index in [0.717, 1.165) is 34.3 Å². The largest absolute Gasteiger partial charge is 0.507 e. The Hall–Kier alpha value is -3.42. The zero-order valence-corrected chi connectivity index (χ0v) is 23.6. The Morgan fingerprint density at radius 3 is 2.39 bits per heavy atom. The van der Waals surface area contributed by atoms with Gasteiger partial charge in [-0.05, 0) is 67.0 Å². The molecule has 0 spiro atoms. The van der Waals surface area contributed by atoms with Gasteiger partial charge in [0.05, 0.1) is 11.6 Å². The number of ketones is 1. The molecule has 1 heterocycles. The quantitative estimate of drug-likeness (QED) is 0.179. The van der Waals surface area contributed by atoms with Gasteiger partial charge in [-0.2, -0.15) is 0 Å². The van der Waals surface area contributed by atoms with Crippen LogP contribution in [-0.4, -0.2) is 52.8 Å². The van der Waals surface area contributed by atoms with Crippen molar-refractivity contribution in [3.63, 3.8) is 0 Å². The maximum atomic E-state index is 13.3. The number of likely N-dealkylation sites (N-methyl/N-ethyl adjacent to an activating group) is 1. The summed E-state index contributed by atoms with van der Waals surface area (Å²) < 4.78 is 6.81. The van der Waals surface area contributed by atoms with Crippen molar-refractivity contribution in [1.29, 1.82) is 0 Å². The lowest BCUT2D eigenvalue weighted by Crippen LogP contribution is -2.38. The van der Waals surface area contributed by atoms with Gasteiger partial charge in [0.2, 0.25) is 0 Å². The average Bonchev–Trinajstić information content (AvgIpc) is 3.18. The van der Waals surface area contributed by atoms with E-state index in [2.05, 4.69) is 34.7 Å². The van der Waals surface area contributed by atoms with Crippen LogP contribution in [0.2, 0.25) is 0 Å². The fourth-order valence-electron chi connectivity index (χ4n) is 4.77. The number of aliphatic hydroxyl groups excluding tert-OH is 1. The summed E-state index contributed by atoms with van der Waals surface area (Å²) in [5, 5.41) is 11.4. The first kappa shape index (κ1) is 27.6. The molecule has 1 aliphatic heterocycles. The number of carbonyl (C=O) groups excluding carboxylic acids is 2. The van der Waals surface area contributed by atoms with Crippen molar-refractivity contribution in [3.8, 4) is 5.75 Å². The van der Waals surface area contributed by atoms with E-state index in [0.29, 0.717) is 31.0 Å². The van der Waals surface area contributed by atoms with E-state index in [1.165, 1.54) is 0 Å². The summed E-state index contributed by atoms with van der Waals surface area (Å²) in [4.78, 5) is 30.4. The van der Waals surface area contributed by atoms with Gasteiger partial charge in [0.25, 0.3) is 11.7 Å². The van der Waals surface area contributed by atoms with Crippen molar-refractivity contribution in [2.24, 2.45) is 0 Å². The lowest BCUT2D eigenvalue weighted by Gasteiger charge is -2.28. The maximum absolute atomic E-state index is 13.3. The summed E-state index contributed by atoms with van der Waals surface area (Å²) in [6.07, 6.45) is 0. The minimum Gasteiger partial charge on any atom is -0.507 e. The number of halogens is 1. The molecule has 0 bridgehead atoms. The number of rotatable bonds is 10. The van der Waals surface area contributed by atoms with Crippen molar-refractivity contribution in [2.45, 2.75) is 33.4 Å². The molecule has 0 radical (unpaired) electrons. The highest BCUT2D eigenvalue weighted by Gasteiger charge is 2.46. The second kappa shape index (κ2) is 12.4. The van der Waals surface area contributed by atoms with E-state index in [9.17, 15) is 14.7 Å². The molecule has 0 saturated carbocycles. The van der Waals surface area contributed by atoms with Crippen LogP contribution in [0.4, 0.5) is 0 Å². The third-order valence-electron chi connectivity index (χ3n) is 6.94. The van der Waals surface area contributed by atoms with Gasteiger partial charge < -0.3 is 19.6 Å². The van der Waals surface area contributed by atoms with Gasteiger partial charge in [0.1, 0.15) is 18.1 Å². The van der Waals surface area contributed by atoms with E-state index in [1.807, 2.05) is 61.5 Å². The number of aryl methyl sites for hydroxylation is 1. The topological polar surface area (TPSA) is 70.1 Å². The number of aliphatic hydroxyl groups is 1. The first-order chi connectivity index (χ1) is 18.3.